The summed E-state index contributed by atoms with van der Waals surface area (Å²) in [6.45, 7) is 0.419. The number of carbonyl (C=O) groups is 2. The number of rotatable bonds is 5. The second-order valence-corrected chi connectivity index (χ2v) is 6.20. The zero-order valence-electron chi connectivity index (χ0n) is 11.9. The number of carboxylic acids is 1. The molecule has 3 atom stereocenters. The van der Waals surface area contributed by atoms with Gasteiger partial charge in [-0.15, -0.1) is 0 Å². The van der Waals surface area contributed by atoms with Crippen LogP contribution in [0, 0.1) is 17.8 Å². The number of aliphatic carboxylic acids is 1. The fraction of sp³-hybridized carbons (Fsp3) is 0.857. The number of alkyl halides is 3. The third kappa shape index (κ3) is 4.11. The number of hydrogen-bond donors (Lipinski definition) is 1. The summed E-state index contributed by atoms with van der Waals surface area (Å²) in [7, 11) is 0. The maximum Gasteiger partial charge on any atom is 0.406 e. The van der Waals surface area contributed by atoms with Crippen molar-refractivity contribution in [2.45, 2.75) is 51.2 Å². The summed E-state index contributed by atoms with van der Waals surface area (Å²) in [5.74, 6) is -2.55. The van der Waals surface area contributed by atoms with Gasteiger partial charge in [0.15, 0.2) is 0 Å². The van der Waals surface area contributed by atoms with E-state index in [1.165, 1.54) is 0 Å². The molecule has 0 aliphatic heterocycles. The van der Waals surface area contributed by atoms with Gasteiger partial charge in [0.2, 0.25) is 5.91 Å². The highest BCUT2D eigenvalue weighted by molar-refractivity contribution is 5.81. The standard InChI is InChI=1S/C14H20F3NO3/c1-8(9-2-3-9)18(7-14(15,16)17)12(19)10-4-5-11(6-10)13(20)21/h8-11H,2-7H2,1H3,(H,20,21)/t8?,10-,11+/m1/s1. The first-order valence-electron chi connectivity index (χ1n) is 7.29. The lowest BCUT2D eigenvalue weighted by molar-refractivity contribution is -0.168. The second kappa shape index (κ2) is 5.85. The van der Waals surface area contributed by atoms with E-state index in [2.05, 4.69) is 0 Å². The van der Waals surface area contributed by atoms with Crippen molar-refractivity contribution >= 4 is 11.9 Å². The predicted molar refractivity (Wildman–Crippen MR) is 68.4 cm³/mol. The Morgan fingerprint density at radius 1 is 1.19 bits per heavy atom. The van der Waals surface area contributed by atoms with Gasteiger partial charge in [0, 0.05) is 12.0 Å². The highest BCUT2D eigenvalue weighted by Crippen LogP contribution is 2.39. The molecule has 1 amide bonds. The quantitative estimate of drug-likeness (QED) is 0.849. The lowest BCUT2D eigenvalue weighted by Crippen LogP contribution is -2.47. The number of carbonyl (C=O) groups excluding carboxylic acids is 1. The molecule has 2 rings (SSSR count). The number of hydrogen-bond acceptors (Lipinski definition) is 2. The third-order valence-electron chi connectivity index (χ3n) is 4.56. The number of nitrogens with zero attached hydrogens (tertiary/aromatic N) is 1. The number of carboxylic acid groups (broad SMARTS) is 1. The Morgan fingerprint density at radius 3 is 2.19 bits per heavy atom. The van der Waals surface area contributed by atoms with Crippen molar-refractivity contribution in [2.24, 2.45) is 17.8 Å². The van der Waals surface area contributed by atoms with E-state index in [4.69, 9.17) is 5.11 Å². The molecule has 21 heavy (non-hydrogen) atoms. The lowest BCUT2D eigenvalue weighted by atomic mass is 10.0. The molecule has 4 nitrogen and oxygen atoms in total. The fourth-order valence-corrected chi connectivity index (χ4v) is 3.11. The summed E-state index contributed by atoms with van der Waals surface area (Å²) in [5, 5.41) is 8.94. The molecule has 0 bridgehead atoms. The Morgan fingerprint density at radius 2 is 1.76 bits per heavy atom. The van der Waals surface area contributed by atoms with Crippen LogP contribution in [0.15, 0.2) is 0 Å². The van der Waals surface area contributed by atoms with Crippen LogP contribution in [0.5, 0.6) is 0 Å². The van der Waals surface area contributed by atoms with Crippen LogP contribution in [0.2, 0.25) is 0 Å². The fourth-order valence-electron chi connectivity index (χ4n) is 3.11. The van der Waals surface area contributed by atoms with Crippen LogP contribution >= 0.6 is 0 Å². The Bertz CT molecular complexity index is 420. The summed E-state index contributed by atoms with van der Waals surface area (Å²) in [6, 6.07) is -0.428. The lowest BCUT2D eigenvalue weighted by Gasteiger charge is -2.32. The zero-order valence-corrected chi connectivity index (χ0v) is 11.9. The molecule has 2 fully saturated rings. The first-order chi connectivity index (χ1) is 9.69. The Labute approximate surface area is 121 Å². The molecule has 0 saturated heterocycles. The monoisotopic (exact) mass is 307 g/mol. The minimum absolute atomic E-state index is 0.146. The van der Waals surface area contributed by atoms with Gasteiger partial charge >= 0.3 is 12.1 Å². The molecule has 2 aliphatic carbocycles. The van der Waals surface area contributed by atoms with E-state index in [0.29, 0.717) is 12.8 Å². The molecule has 2 aliphatic rings. The van der Waals surface area contributed by atoms with E-state index >= 15 is 0 Å². The van der Waals surface area contributed by atoms with Crippen molar-refractivity contribution in [1.82, 2.24) is 4.90 Å². The zero-order chi connectivity index (χ0) is 15.8. The molecular formula is C14H20F3NO3. The Hall–Kier alpha value is -1.27. The van der Waals surface area contributed by atoms with Gasteiger partial charge in [0.1, 0.15) is 6.54 Å². The maximum absolute atomic E-state index is 12.7. The first kappa shape index (κ1) is 16.1. The molecule has 2 saturated carbocycles. The van der Waals surface area contributed by atoms with Gasteiger partial charge in [-0.3, -0.25) is 9.59 Å². The van der Waals surface area contributed by atoms with E-state index in [9.17, 15) is 22.8 Å². The minimum atomic E-state index is -4.43. The highest BCUT2D eigenvalue weighted by atomic mass is 19.4. The first-order valence-corrected chi connectivity index (χ1v) is 7.29. The molecule has 0 radical (unpaired) electrons. The topological polar surface area (TPSA) is 57.6 Å². The minimum Gasteiger partial charge on any atom is -0.481 e. The van der Waals surface area contributed by atoms with Gasteiger partial charge in [0.25, 0.3) is 0 Å². The van der Waals surface area contributed by atoms with Gasteiger partial charge < -0.3 is 10.0 Å². The molecule has 0 aromatic heterocycles. The summed E-state index contributed by atoms with van der Waals surface area (Å²) < 4.78 is 38.1. The largest absolute Gasteiger partial charge is 0.481 e. The number of amides is 1. The van der Waals surface area contributed by atoms with Crippen LogP contribution in [0.4, 0.5) is 13.2 Å². The summed E-state index contributed by atoms with van der Waals surface area (Å²) in [6.07, 6.45) is -1.84. The molecule has 1 unspecified atom stereocenters. The predicted octanol–water partition coefficient (Wildman–Crippen LogP) is 2.68. The number of halogens is 3. The summed E-state index contributed by atoms with van der Waals surface area (Å²) >= 11 is 0. The Kier molecular flexibility index (Phi) is 4.49. The summed E-state index contributed by atoms with van der Waals surface area (Å²) in [4.78, 5) is 24.2. The van der Waals surface area contributed by atoms with Crippen LogP contribution in [0.1, 0.15) is 39.0 Å². The average molecular weight is 307 g/mol. The Balaban J connectivity index is 2.05. The van der Waals surface area contributed by atoms with Gasteiger partial charge in [-0.25, -0.2) is 0 Å². The molecule has 0 spiro atoms. The van der Waals surface area contributed by atoms with Crippen LogP contribution in [0.25, 0.3) is 0 Å². The van der Waals surface area contributed by atoms with Crippen molar-refractivity contribution in [2.75, 3.05) is 6.54 Å². The van der Waals surface area contributed by atoms with Crippen LogP contribution in [-0.2, 0) is 9.59 Å². The molecular weight excluding hydrogens is 287 g/mol. The molecule has 7 heteroatoms. The van der Waals surface area contributed by atoms with Crippen molar-refractivity contribution in [1.29, 1.82) is 0 Å². The van der Waals surface area contributed by atoms with Gasteiger partial charge in [-0.05, 0) is 44.9 Å². The normalized spacial score (nSPS) is 27.4. The van der Waals surface area contributed by atoms with Crippen LogP contribution in [-0.4, -0.2) is 40.6 Å². The van der Waals surface area contributed by atoms with Gasteiger partial charge in [-0.2, -0.15) is 13.2 Å². The van der Waals surface area contributed by atoms with Gasteiger partial charge in [-0.1, -0.05) is 0 Å². The maximum atomic E-state index is 12.7. The van der Waals surface area contributed by atoms with E-state index in [0.717, 1.165) is 17.7 Å². The molecule has 0 aromatic rings. The van der Waals surface area contributed by atoms with E-state index in [1.54, 1.807) is 6.92 Å². The van der Waals surface area contributed by atoms with Crippen molar-refractivity contribution in [3.8, 4) is 0 Å². The highest BCUT2D eigenvalue weighted by Gasteiger charge is 2.44. The summed E-state index contributed by atoms with van der Waals surface area (Å²) in [5.41, 5.74) is 0. The SMILES string of the molecule is CC(C1CC1)N(CC(F)(F)F)C(=O)[C@@H]1CC[C@H](C(=O)O)C1. The van der Waals surface area contributed by atoms with E-state index in [1.807, 2.05) is 0 Å². The van der Waals surface area contributed by atoms with E-state index in [-0.39, 0.29) is 12.3 Å². The van der Waals surface area contributed by atoms with E-state index < -0.39 is 42.5 Å². The van der Waals surface area contributed by atoms with Gasteiger partial charge in [0.05, 0.1) is 5.92 Å². The molecule has 120 valence electrons. The average Bonchev–Trinajstić information content (AvgIpc) is 3.10. The van der Waals surface area contributed by atoms with Crippen LogP contribution in [0.3, 0.4) is 0 Å². The van der Waals surface area contributed by atoms with Crippen LogP contribution < -0.4 is 0 Å². The molecule has 1 N–H and O–H groups in total. The van der Waals surface area contributed by atoms with Crippen molar-refractivity contribution < 1.29 is 27.9 Å². The molecule has 0 heterocycles. The van der Waals surface area contributed by atoms with Crippen molar-refractivity contribution in [3.05, 3.63) is 0 Å². The molecule has 0 aromatic carbocycles. The smallest absolute Gasteiger partial charge is 0.406 e. The third-order valence-corrected chi connectivity index (χ3v) is 4.56. The second-order valence-electron chi connectivity index (χ2n) is 6.20. The van der Waals surface area contributed by atoms with Crippen molar-refractivity contribution in [3.63, 3.8) is 0 Å².